The average Bonchev–Trinajstić information content (AvgIpc) is 2.51. The van der Waals surface area contributed by atoms with E-state index in [1.807, 2.05) is 0 Å². The molecule has 138 valence electrons. The van der Waals surface area contributed by atoms with Crippen molar-refractivity contribution in [1.82, 2.24) is 14.9 Å². The van der Waals surface area contributed by atoms with E-state index >= 15 is 0 Å². The molecule has 7 nitrogen and oxygen atoms in total. The Kier molecular flexibility index (Phi) is 11.2. The smallest absolute Gasteiger partial charge is 0.243 e. The highest BCUT2D eigenvalue weighted by atomic mass is 35.5. The summed E-state index contributed by atoms with van der Waals surface area (Å²) in [5.74, 6) is -0.362. The summed E-state index contributed by atoms with van der Waals surface area (Å²) in [6.45, 7) is 2.04. The normalized spacial score (nSPS) is 11.2. The summed E-state index contributed by atoms with van der Waals surface area (Å²) >= 11 is 5.74. The highest BCUT2D eigenvalue weighted by Gasteiger charge is 2.22. The summed E-state index contributed by atoms with van der Waals surface area (Å²) in [4.78, 5) is 11.9. The molecule has 0 aromatic heterocycles. The maximum atomic E-state index is 12.3. The summed E-state index contributed by atoms with van der Waals surface area (Å²) < 4.78 is 30.5. The van der Waals surface area contributed by atoms with Crippen molar-refractivity contribution in [2.75, 3.05) is 46.9 Å². The third-order valence-corrected chi connectivity index (χ3v) is 5.06. The van der Waals surface area contributed by atoms with E-state index in [1.165, 1.54) is 31.3 Å². The molecule has 0 aliphatic carbocycles. The highest BCUT2D eigenvalue weighted by Crippen LogP contribution is 2.17. The number of carbonyl (C=O) groups is 1. The number of carbonyl (C=O) groups excluding carboxylic acids is 1. The quantitative estimate of drug-likeness (QED) is 0.566. The first-order chi connectivity index (χ1) is 10.9. The molecule has 0 fully saturated rings. The molecule has 1 aromatic rings. The van der Waals surface area contributed by atoms with Crippen LogP contribution in [0.15, 0.2) is 29.2 Å². The third kappa shape index (κ3) is 7.78. The van der Waals surface area contributed by atoms with Gasteiger partial charge in [-0.1, -0.05) is 11.6 Å². The van der Waals surface area contributed by atoms with Crippen molar-refractivity contribution in [3.05, 3.63) is 29.3 Å². The third-order valence-electron chi connectivity index (χ3n) is 2.99. The van der Waals surface area contributed by atoms with E-state index in [9.17, 15) is 13.2 Å². The van der Waals surface area contributed by atoms with Gasteiger partial charge in [0, 0.05) is 38.8 Å². The van der Waals surface area contributed by atoms with Gasteiger partial charge < -0.3 is 15.4 Å². The Labute approximate surface area is 154 Å². The Morgan fingerprint density at radius 2 is 1.83 bits per heavy atom. The molecule has 0 atom stereocenters. The fourth-order valence-electron chi connectivity index (χ4n) is 1.72. The van der Waals surface area contributed by atoms with E-state index < -0.39 is 10.0 Å². The molecule has 1 aromatic carbocycles. The first kappa shape index (κ1) is 23.1. The lowest BCUT2D eigenvalue weighted by molar-refractivity contribution is -0.121. The number of amides is 1. The van der Waals surface area contributed by atoms with Crippen molar-refractivity contribution < 1.29 is 17.9 Å². The molecule has 10 heteroatoms. The summed E-state index contributed by atoms with van der Waals surface area (Å²) in [5.41, 5.74) is 0. The maximum Gasteiger partial charge on any atom is 0.243 e. The van der Waals surface area contributed by atoms with E-state index in [1.54, 1.807) is 7.11 Å². The number of nitrogens with zero attached hydrogens (tertiary/aromatic N) is 1. The molecule has 0 aliphatic heterocycles. The second-order valence-electron chi connectivity index (χ2n) is 4.81. The van der Waals surface area contributed by atoms with Crippen LogP contribution in [0.2, 0.25) is 5.02 Å². The lowest BCUT2D eigenvalue weighted by Gasteiger charge is -2.17. The predicted molar refractivity (Wildman–Crippen MR) is 96.3 cm³/mol. The lowest BCUT2D eigenvalue weighted by atomic mass is 10.4. The van der Waals surface area contributed by atoms with Gasteiger partial charge in [-0.05, 0) is 24.3 Å². The van der Waals surface area contributed by atoms with Crippen LogP contribution in [0.25, 0.3) is 0 Å². The first-order valence-corrected chi connectivity index (χ1v) is 8.88. The number of halogens is 2. The van der Waals surface area contributed by atoms with Gasteiger partial charge in [-0.25, -0.2) is 8.42 Å². The van der Waals surface area contributed by atoms with Gasteiger partial charge in [-0.15, -0.1) is 12.4 Å². The van der Waals surface area contributed by atoms with Crippen molar-refractivity contribution in [2.45, 2.75) is 4.90 Å². The molecular weight excluding hydrogens is 377 g/mol. The van der Waals surface area contributed by atoms with Gasteiger partial charge in [-0.2, -0.15) is 4.31 Å². The molecule has 0 heterocycles. The Balaban J connectivity index is 0.00000529. The van der Waals surface area contributed by atoms with Crippen LogP contribution >= 0.6 is 24.0 Å². The molecule has 2 N–H and O–H groups in total. The number of methoxy groups -OCH3 is 1. The van der Waals surface area contributed by atoms with Crippen LogP contribution in [-0.4, -0.2) is 65.6 Å². The number of nitrogens with one attached hydrogen (secondary N) is 2. The minimum Gasteiger partial charge on any atom is -0.383 e. The SMILES string of the molecule is COCCNCCNC(=O)CN(C)S(=O)(=O)c1ccc(Cl)cc1.Cl. The molecule has 0 radical (unpaired) electrons. The molecule has 0 aliphatic rings. The Morgan fingerprint density at radius 3 is 2.42 bits per heavy atom. The standard InChI is InChI=1S/C14H22ClN3O4S.ClH/c1-18(11-14(19)17-8-7-16-9-10-22-2)23(20,21)13-5-3-12(15)4-6-13;/h3-6,16H,7-11H2,1-2H3,(H,17,19);1H. The number of ether oxygens (including phenoxy) is 1. The molecule has 0 spiro atoms. The molecular formula is C14H23Cl2N3O4S. The molecule has 1 amide bonds. The van der Waals surface area contributed by atoms with Gasteiger partial charge >= 0.3 is 0 Å². The van der Waals surface area contributed by atoms with Crippen molar-refractivity contribution in [2.24, 2.45) is 0 Å². The number of benzene rings is 1. The molecule has 0 saturated heterocycles. The minimum atomic E-state index is -3.71. The zero-order chi connectivity index (χ0) is 17.3. The van der Waals surface area contributed by atoms with E-state index in [0.717, 1.165) is 4.31 Å². The van der Waals surface area contributed by atoms with Crippen LogP contribution < -0.4 is 10.6 Å². The lowest BCUT2D eigenvalue weighted by Crippen LogP contribution is -2.40. The Morgan fingerprint density at radius 1 is 1.21 bits per heavy atom. The van der Waals surface area contributed by atoms with E-state index in [2.05, 4.69) is 10.6 Å². The zero-order valence-electron chi connectivity index (χ0n) is 13.6. The maximum absolute atomic E-state index is 12.3. The average molecular weight is 400 g/mol. The van der Waals surface area contributed by atoms with Gasteiger partial charge in [0.25, 0.3) is 0 Å². The fraction of sp³-hybridized carbons (Fsp3) is 0.500. The van der Waals surface area contributed by atoms with Crippen LogP contribution in [-0.2, 0) is 19.6 Å². The van der Waals surface area contributed by atoms with E-state index in [0.29, 0.717) is 31.3 Å². The second kappa shape index (κ2) is 11.6. The largest absolute Gasteiger partial charge is 0.383 e. The van der Waals surface area contributed by atoms with Gasteiger partial charge in [0.15, 0.2) is 0 Å². The number of likely N-dealkylation sites (N-methyl/N-ethyl adjacent to an activating group) is 1. The summed E-state index contributed by atoms with van der Waals surface area (Å²) in [7, 11) is -0.739. The Hall–Kier alpha value is -0.900. The van der Waals surface area contributed by atoms with Gasteiger partial charge in [0.05, 0.1) is 18.0 Å². The fourth-order valence-corrected chi connectivity index (χ4v) is 2.97. The number of sulfonamides is 1. The Bertz CT molecular complexity index is 597. The highest BCUT2D eigenvalue weighted by molar-refractivity contribution is 7.89. The first-order valence-electron chi connectivity index (χ1n) is 7.06. The minimum absolute atomic E-state index is 0. The molecule has 0 saturated carbocycles. The monoisotopic (exact) mass is 399 g/mol. The summed E-state index contributed by atoms with van der Waals surface area (Å²) in [6.07, 6.45) is 0. The van der Waals surface area contributed by atoms with Crippen molar-refractivity contribution in [3.63, 3.8) is 0 Å². The molecule has 0 unspecified atom stereocenters. The summed E-state index contributed by atoms with van der Waals surface area (Å²) in [5, 5.41) is 6.18. The molecule has 24 heavy (non-hydrogen) atoms. The molecule has 0 bridgehead atoms. The van der Waals surface area contributed by atoms with Crippen LogP contribution in [0.1, 0.15) is 0 Å². The van der Waals surface area contributed by atoms with Crippen LogP contribution in [0, 0.1) is 0 Å². The van der Waals surface area contributed by atoms with Gasteiger partial charge in [-0.3, -0.25) is 4.79 Å². The van der Waals surface area contributed by atoms with E-state index in [4.69, 9.17) is 16.3 Å². The van der Waals surface area contributed by atoms with Gasteiger partial charge in [0.1, 0.15) is 0 Å². The second-order valence-corrected chi connectivity index (χ2v) is 7.29. The topological polar surface area (TPSA) is 87.7 Å². The van der Waals surface area contributed by atoms with E-state index in [-0.39, 0.29) is 29.8 Å². The predicted octanol–water partition coefficient (Wildman–Crippen LogP) is 0.734. The van der Waals surface area contributed by atoms with Crippen LogP contribution in [0.3, 0.4) is 0 Å². The van der Waals surface area contributed by atoms with Crippen molar-refractivity contribution >= 4 is 39.9 Å². The van der Waals surface area contributed by atoms with Crippen molar-refractivity contribution in [1.29, 1.82) is 0 Å². The molecule has 1 rings (SSSR count). The summed E-state index contributed by atoms with van der Waals surface area (Å²) in [6, 6.07) is 5.81. The van der Waals surface area contributed by atoms with Crippen molar-refractivity contribution in [3.8, 4) is 0 Å². The number of hydrogen-bond acceptors (Lipinski definition) is 5. The van der Waals surface area contributed by atoms with Crippen LogP contribution in [0.4, 0.5) is 0 Å². The van der Waals surface area contributed by atoms with Crippen LogP contribution in [0.5, 0.6) is 0 Å². The van der Waals surface area contributed by atoms with Gasteiger partial charge in [0.2, 0.25) is 15.9 Å². The number of hydrogen-bond donors (Lipinski definition) is 2. The zero-order valence-corrected chi connectivity index (χ0v) is 16.0. The number of rotatable bonds is 10.